The number of aromatic nitrogens is 1. The Kier molecular flexibility index (Phi) is 4.68. The van der Waals surface area contributed by atoms with Crippen molar-refractivity contribution < 1.29 is 0 Å². The molecule has 1 aromatic carbocycles. The van der Waals surface area contributed by atoms with Gasteiger partial charge >= 0.3 is 0 Å². The van der Waals surface area contributed by atoms with Crippen LogP contribution in [0.4, 0.5) is 0 Å². The Morgan fingerprint density at radius 1 is 1.14 bits per heavy atom. The third kappa shape index (κ3) is 4.04. The van der Waals surface area contributed by atoms with Crippen molar-refractivity contribution in [3.05, 3.63) is 65.5 Å². The first-order chi connectivity index (χ1) is 10.7. The van der Waals surface area contributed by atoms with Crippen LogP contribution in [-0.4, -0.2) is 21.0 Å². The Bertz CT molecular complexity index is 621. The molecule has 1 saturated carbocycles. The van der Waals surface area contributed by atoms with Gasteiger partial charge in [0, 0.05) is 31.5 Å². The van der Waals surface area contributed by atoms with Crippen LogP contribution in [0.15, 0.2) is 48.8 Å². The second-order valence-corrected chi connectivity index (χ2v) is 6.25. The minimum absolute atomic E-state index is 0.589. The van der Waals surface area contributed by atoms with Gasteiger partial charge in [-0.05, 0) is 55.2 Å². The van der Waals surface area contributed by atoms with Gasteiger partial charge in [-0.15, -0.1) is 0 Å². The number of nitrogens with zero attached hydrogens (tertiary/aromatic N) is 2. The first kappa shape index (κ1) is 15.0. The van der Waals surface area contributed by atoms with E-state index in [1.54, 1.807) is 0 Å². The van der Waals surface area contributed by atoms with Crippen LogP contribution in [0.3, 0.4) is 0 Å². The van der Waals surface area contributed by atoms with Gasteiger partial charge in [0.25, 0.3) is 0 Å². The van der Waals surface area contributed by atoms with Gasteiger partial charge in [-0.3, -0.25) is 4.98 Å². The van der Waals surface area contributed by atoms with E-state index < -0.39 is 0 Å². The molecular weight excluding hydrogens is 290 g/mol. The molecule has 0 bridgehead atoms. The lowest BCUT2D eigenvalue weighted by Crippen LogP contribution is -2.40. The number of aryl methyl sites for hydroxylation is 1. The summed E-state index contributed by atoms with van der Waals surface area (Å²) in [6.45, 7) is 3.73. The molecule has 114 valence electrons. The highest BCUT2D eigenvalue weighted by molar-refractivity contribution is 7.80. The fourth-order valence-electron chi connectivity index (χ4n) is 2.42. The zero-order chi connectivity index (χ0) is 15.4. The van der Waals surface area contributed by atoms with Crippen LogP contribution in [0, 0.1) is 6.92 Å². The molecule has 1 aromatic heterocycles. The van der Waals surface area contributed by atoms with Crippen LogP contribution in [0.1, 0.15) is 29.5 Å². The summed E-state index contributed by atoms with van der Waals surface area (Å²) in [7, 11) is 0. The van der Waals surface area contributed by atoms with Gasteiger partial charge in [0.2, 0.25) is 0 Å². The second kappa shape index (κ2) is 6.88. The molecule has 0 aliphatic heterocycles. The summed E-state index contributed by atoms with van der Waals surface area (Å²) in [5, 5.41) is 4.25. The molecule has 22 heavy (non-hydrogen) atoms. The molecule has 1 aliphatic carbocycles. The van der Waals surface area contributed by atoms with E-state index in [4.69, 9.17) is 12.2 Å². The summed E-state index contributed by atoms with van der Waals surface area (Å²) in [6, 6.07) is 13.3. The van der Waals surface area contributed by atoms with E-state index in [1.807, 2.05) is 12.4 Å². The molecule has 1 aliphatic rings. The molecule has 3 nitrogen and oxygen atoms in total. The van der Waals surface area contributed by atoms with Gasteiger partial charge in [-0.1, -0.05) is 29.8 Å². The van der Waals surface area contributed by atoms with Crippen LogP contribution in [-0.2, 0) is 13.1 Å². The van der Waals surface area contributed by atoms with Crippen molar-refractivity contribution in [2.45, 2.75) is 38.9 Å². The number of hydrogen-bond acceptors (Lipinski definition) is 2. The van der Waals surface area contributed by atoms with E-state index in [1.165, 1.54) is 29.5 Å². The molecule has 4 heteroatoms. The molecule has 3 rings (SSSR count). The van der Waals surface area contributed by atoms with E-state index in [-0.39, 0.29) is 0 Å². The van der Waals surface area contributed by atoms with Gasteiger partial charge in [0.05, 0.1) is 0 Å². The molecule has 0 atom stereocenters. The summed E-state index contributed by atoms with van der Waals surface area (Å²) in [5.74, 6) is 0. The topological polar surface area (TPSA) is 28.2 Å². The summed E-state index contributed by atoms with van der Waals surface area (Å²) in [4.78, 5) is 6.38. The quantitative estimate of drug-likeness (QED) is 0.856. The first-order valence-corrected chi connectivity index (χ1v) is 8.12. The number of hydrogen-bond donors (Lipinski definition) is 1. The van der Waals surface area contributed by atoms with Crippen LogP contribution < -0.4 is 5.32 Å². The van der Waals surface area contributed by atoms with Crippen LogP contribution >= 0.6 is 12.2 Å². The first-order valence-electron chi connectivity index (χ1n) is 7.71. The largest absolute Gasteiger partial charge is 0.358 e. The molecule has 2 aromatic rings. The third-order valence-electron chi connectivity index (χ3n) is 3.92. The Labute approximate surface area is 137 Å². The van der Waals surface area contributed by atoms with Gasteiger partial charge in [-0.2, -0.15) is 0 Å². The smallest absolute Gasteiger partial charge is 0.169 e. The fourth-order valence-corrected chi connectivity index (χ4v) is 2.71. The Morgan fingerprint density at radius 3 is 2.45 bits per heavy atom. The van der Waals surface area contributed by atoms with Crippen molar-refractivity contribution in [2.75, 3.05) is 0 Å². The normalized spacial score (nSPS) is 13.7. The average Bonchev–Trinajstić information content (AvgIpc) is 3.37. The Morgan fingerprint density at radius 2 is 1.82 bits per heavy atom. The highest BCUT2D eigenvalue weighted by Gasteiger charge is 2.30. The SMILES string of the molecule is Cc1ccc(CNC(=S)N(Cc2ccncc2)C2CC2)cc1. The molecule has 0 amide bonds. The number of pyridine rings is 1. The van der Waals surface area contributed by atoms with E-state index in [2.05, 4.69) is 58.5 Å². The Balaban J connectivity index is 1.59. The summed E-state index contributed by atoms with van der Waals surface area (Å²) >= 11 is 5.61. The Hall–Kier alpha value is -1.94. The lowest BCUT2D eigenvalue weighted by Gasteiger charge is -2.26. The second-order valence-electron chi connectivity index (χ2n) is 5.86. The van der Waals surface area contributed by atoms with Gasteiger partial charge in [0.1, 0.15) is 0 Å². The zero-order valence-corrected chi connectivity index (χ0v) is 13.6. The van der Waals surface area contributed by atoms with Crippen molar-refractivity contribution >= 4 is 17.3 Å². The van der Waals surface area contributed by atoms with Crippen LogP contribution in [0.25, 0.3) is 0 Å². The lowest BCUT2D eigenvalue weighted by molar-refractivity contribution is 0.395. The van der Waals surface area contributed by atoms with Crippen molar-refractivity contribution in [3.8, 4) is 0 Å². The maximum absolute atomic E-state index is 5.61. The molecule has 0 saturated heterocycles. The molecule has 1 fully saturated rings. The summed E-state index contributed by atoms with van der Waals surface area (Å²) in [5.41, 5.74) is 3.79. The minimum atomic E-state index is 0.589. The zero-order valence-electron chi connectivity index (χ0n) is 12.8. The van der Waals surface area contributed by atoms with Gasteiger partial charge < -0.3 is 10.2 Å². The molecular formula is C18H21N3S. The highest BCUT2D eigenvalue weighted by atomic mass is 32.1. The molecule has 0 spiro atoms. The van der Waals surface area contributed by atoms with Gasteiger partial charge in [-0.25, -0.2) is 0 Å². The lowest BCUT2D eigenvalue weighted by atomic mass is 10.1. The van der Waals surface area contributed by atoms with Crippen molar-refractivity contribution in [3.63, 3.8) is 0 Å². The standard InChI is InChI=1S/C18H21N3S/c1-14-2-4-15(5-3-14)12-20-18(22)21(17-6-7-17)13-16-8-10-19-11-9-16/h2-5,8-11,17H,6-7,12-13H2,1H3,(H,20,22). The molecule has 1 heterocycles. The average molecular weight is 311 g/mol. The van der Waals surface area contributed by atoms with Crippen LogP contribution in [0.2, 0.25) is 0 Å². The predicted octanol–water partition coefficient (Wildman–Crippen LogP) is 3.43. The van der Waals surface area contributed by atoms with Crippen molar-refractivity contribution in [1.82, 2.24) is 15.2 Å². The maximum atomic E-state index is 5.61. The highest BCUT2D eigenvalue weighted by Crippen LogP contribution is 2.28. The third-order valence-corrected chi connectivity index (χ3v) is 4.29. The van der Waals surface area contributed by atoms with E-state index in [0.717, 1.165) is 18.2 Å². The molecule has 1 N–H and O–H groups in total. The summed E-state index contributed by atoms with van der Waals surface area (Å²) < 4.78 is 0. The number of rotatable bonds is 5. The number of thiocarbonyl (C=S) groups is 1. The molecule has 0 radical (unpaired) electrons. The fraction of sp³-hybridized carbons (Fsp3) is 0.333. The number of nitrogens with one attached hydrogen (secondary N) is 1. The van der Waals surface area contributed by atoms with E-state index in [9.17, 15) is 0 Å². The van der Waals surface area contributed by atoms with E-state index >= 15 is 0 Å². The maximum Gasteiger partial charge on any atom is 0.169 e. The summed E-state index contributed by atoms with van der Waals surface area (Å²) in [6.07, 6.45) is 6.14. The predicted molar refractivity (Wildman–Crippen MR) is 93.4 cm³/mol. The van der Waals surface area contributed by atoms with Gasteiger partial charge in [0.15, 0.2) is 5.11 Å². The molecule has 0 unspecified atom stereocenters. The minimum Gasteiger partial charge on any atom is -0.358 e. The number of benzene rings is 1. The van der Waals surface area contributed by atoms with E-state index in [0.29, 0.717) is 6.04 Å². The van der Waals surface area contributed by atoms with Crippen LogP contribution in [0.5, 0.6) is 0 Å². The van der Waals surface area contributed by atoms with Crippen molar-refractivity contribution in [2.24, 2.45) is 0 Å². The monoisotopic (exact) mass is 311 g/mol. The van der Waals surface area contributed by atoms with Crippen molar-refractivity contribution in [1.29, 1.82) is 0 Å².